The Kier molecular flexibility index (Phi) is 2.81. The largest absolute Gasteiger partial charge is 0.390 e. The van der Waals surface area contributed by atoms with Gasteiger partial charge in [0, 0.05) is 11.6 Å². The van der Waals surface area contributed by atoms with Gasteiger partial charge in [-0.15, -0.1) is 0 Å². The number of nitrogen functional groups attached to an aromatic ring is 1. The van der Waals surface area contributed by atoms with E-state index in [1.165, 1.54) is 0 Å². The van der Waals surface area contributed by atoms with Crippen LogP contribution >= 0.6 is 11.6 Å². The second-order valence-corrected chi connectivity index (χ2v) is 4.31. The van der Waals surface area contributed by atoms with Crippen molar-refractivity contribution in [3.8, 4) is 5.82 Å². The highest BCUT2D eigenvalue weighted by molar-refractivity contribution is 6.28. The minimum absolute atomic E-state index is 0.139. The number of nitrogens with two attached hydrogens (primary N) is 1. The lowest BCUT2D eigenvalue weighted by Crippen LogP contribution is -2.04. The van der Waals surface area contributed by atoms with Crippen molar-refractivity contribution in [2.45, 2.75) is 6.61 Å². The number of fused-ring (bicyclic) bond motifs is 1. The van der Waals surface area contributed by atoms with Gasteiger partial charge in [-0.05, 0) is 29.8 Å². The molecule has 0 saturated carbocycles. The lowest BCUT2D eigenvalue weighted by Gasteiger charge is -2.08. The summed E-state index contributed by atoms with van der Waals surface area (Å²) in [6.45, 7) is -0.148. The second kappa shape index (κ2) is 4.49. The average molecular weight is 276 g/mol. The first kappa shape index (κ1) is 11.9. The zero-order valence-corrected chi connectivity index (χ0v) is 10.5. The van der Waals surface area contributed by atoms with Crippen molar-refractivity contribution in [3.63, 3.8) is 0 Å². The Hall–Kier alpha value is -2.18. The summed E-state index contributed by atoms with van der Waals surface area (Å²) in [5.74, 6) is 0.970. The number of halogens is 1. The monoisotopic (exact) mass is 275 g/mol. The molecule has 0 fully saturated rings. The number of nitrogens with zero attached hydrogens (tertiary/aromatic N) is 4. The normalized spacial score (nSPS) is 11.1. The summed E-state index contributed by atoms with van der Waals surface area (Å²) in [4.78, 5) is 12.3. The summed E-state index contributed by atoms with van der Waals surface area (Å²) in [5.41, 5.74) is 6.91. The van der Waals surface area contributed by atoms with E-state index in [4.69, 9.17) is 17.3 Å². The van der Waals surface area contributed by atoms with Crippen LogP contribution in [0.5, 0.6) is 0 Å². The van der Waals surface area contributed by atoms with Crippen molar-refractivity contribution in [2.75, 3.05) is 5.73 Å². The number of anilines is 1. The fraction of sp³-hybridized carbons (Fsp3) is 0.0833. The van der Waals surface area contributed by atoms with Gasteiger partial charge in [0.15, 0.2) is 5.65 Å². The molecule has 96 valence electrons. The molecule has 0 aromatic carbocycles. The third-order valence-electron chi connectivity index (χ3n) is 2.73. The molecular weight excluding hydrogens is 266 g/mol. The van der Waals surface area contributed by atoms with Crippen molar-refractivity contribution in [1.29, 1.82) is 0 Å². The van der Waals surface area contributed by atoms with Crippen LogP contribution in [0.25, 0.3) is 16.9 Å². The Labute approximate surface area is 113 Å². The van der Waals surface area contributed by atoms with E-state index >= 15 is 0 Å². The first-order valence-electron chi connectivity index (χ1n) is 5.55. The average Bonchev–Trinajstić information content (AvgIpc) is 2.76. The van der Waals surface area contributed by atoms with Gasteiger partial charge in [-0.25, -0.2) is 9.97 Å². The molecule has 19 heavy (non-hydrogen) atoms. The summed E-state index contributed by atoms with van der Waals surface area (Å²) in [6, 6.07) is 7.05. The van der Waals surface area contributed by atoms with Crippen molar-refractivity contribution in [3.05, 3.63) is 41.4 Å². The van der Waals surface area contributed by atoms with Crippen LogP contribution in [-0.2, 0) is 6.61 Å². The molecular formula is C12H10ClN5O. The third kappa shape index (κ3) is 2.00. The molecule has 0 aliphatic carbocycles. The van der Waals surface area contributed by atoms with Crippen molar-refractivity contribution >= 4 is 28.5 Å². The Balaban J connectivity index is 2.34. The lowest BCUT2D eigenvalue weighted by molar-refractivity contribution is 0.275. The summed E-state index contributed by atoms with van der Waals surface area (Å²) < 4.78 is 1.71. The van der Waals surface area contributed by atoms with Crippen LogP contribution in [0, 0.1) is 0 Å². The maximum absolute atomic E-state index is 9.46. The van der Waals surface area contributed by atoms with Gasteiger partial charge in [-0.1, -0.05) is 6.07 Å². The Bertz CT molecular complexity index is 755. The van der Waals surface area contributed by atoms with Crippen LogP contribution in [0.1, 0.15) is 5.69 Å². The van der Waals surface area contributed by atoms with Crippen LogP contribution in [0.3, 0.4) is 0 Å². The first-order valence-corrected chi connectivity index (χ1v) is 5.93. The molecule has 0 atom stereocenters. The Morgan fingerprint density at radius 3 is 2.89 bits per heavy atom. The Morgan fingerprint density at radius 1 is 1.32 bits per heavy atom. The molecule has 3 rings (SSSR count). The van der Waals surface area contributed by atoms with E-state index in [1.807, 2.05) is 0 Å². The number of aromatic nitrogens is 4. The zero-order valence-electron chi connectivity index (χ0n) is 9.79. The van der Waals surface area contributed by atoms with Crippen LogP contribution in [-0.4, -0.2) is 24.6 Å². The van der Waals surface area contributed by atoms with E-state index in [-0.39, 0.29) is 11.9 Å². The molecule has 0 amide bonds. The second-order valence-electron chi connectivity index (χ2n) is 3.97. The van der Waals surface area contributed by atoms with Crippen LogP contribution < -0.4 is 5.73 Å². The minimum Gasteiger partial charge on any atom is -0.390 e. The molecule has 0 aliphatic rings. The van der Waals surface area contributed by atoms with Gasteiger partial charge in [-0.3, -0.25) is 4.57 Å². The molecule has 0 aliphatic heterocycles. The van der Waals surface area contributed by atoms with Crippen molar-refractivity contribution in [1.82, 2.24) is 19.5 Å². The first-order chi connectivity index (χ1) is 9.19. The number of hydrogen-bond donors (Lipinski definition) is 2. The van der Waals surface area contributed by atoms with Gasteiger partial charge in [0.1, 0.15) is 11.6 Å². The van der Waals surface area contributed by atoms with E-state index in [0.29, 0.717) is 23.0 Å². The molecule has 0 radical (unpaired) electrons. The van der Waals surface area contributed by atoms with Crippen molar-refractivity contribution < 1.29 is 5.11 Å². The van der Waals surface area contributed by atoms with Gasteiger partial charge < -0.3 is 10.8 Å². The molecule has 3 heterocycles. The standard InChI is InChI=1S/C12H10ClN5O/c13-12-15-5-7-4-8(6-19)18(11(7)17-12)10-3-1-2-9(14)16-10/h1-5,19H,6H2,(H2,14,16). The minimum atomic E-state index is -0.148. The van der Waals surface area contributed by atoms with Crippen LogP contribution in [0.15, 0.2) is 30.5 Å². The highest BCUT2D eigenvalue weighted by Crippen LogP contribution is 2.23. The van der Waals surface area contributed by atoms with E-state index in [0.717, 1.165) is 5.39 Å². The van der Waals surface area contributed by atoms with Gasteiger partial charge in [0.2, 0.25) is 5.28 Å². The zero-order chi connectivity index (χ0) is 13.4. The quantitative estimate of drug-likeness (QED) is 0.693. The molecule has 0 unspecified atom stereocenters. The maximum Gasteiger partial charge on any atom is 0.224 e. The number of hydrogen-bond acceptors (Lipinski definition) is 5. The predicted octanol–water partition coefficient (Wildman–Crippen LogP) is 1.54. The van der Waals surface area contributed by atoms with Gasteiger partial charge >= 0.3 is 0 Å². The van der Waals surface area contributed by atoms with E-state index in [2.05, 4.69) is 15.0 Å². The molecule has 7 heteroatoms. The number of pyridine rings is 1. The smallest absolute Gasteiger partial charge is 0.224 e. The molecule has 3 aromatic rings. The summed E-state index contributed by atoms with van der Waals surface area (Å²) in [6.07, 6.45) is 1.60. The topological polar surface area (TPSA) is 89.8 Å². The number of aliphatic hydroxyl groups is 1. The maximum atomic E-state index is 9.46. The van der Waals surface area contributed by atoms with E-state index < -0.39 is 0 Å². The van der Waals surface area contributed by atoms with Crippen molar-refractivity contribution in [2.24, 2.45) is 0 Å². The summed E-state index contributed by atoms with van der Waals surface area (Å²) >= 11 is 5.82. The summed E-state index contributed by atoms with van der Waals surface area (Å²) in [5, 5.41) is 10.4. The van der Waals surface area contributed by atoms with Gasteiger partial charge in [0.25, 0.3) is 0 Å². The molecule has 3 N–H and O–H groups in total. The summed E-state index contributed by atoms with van der Waals surface area (Å²) in [7, 11) is 0. The molecule has 0 saturated heterocycles. The van der Waals surface area contributed by atoms with Gasteiger partial charge in [-0.2, -0.15) is 4.98 Å². The number of rotatable bonds is 2. The highest BCUT2D eigenvalue weighted by Gasteiger charge is 2.13. The SMILES string of the molecule is Nc1cccc(-n2c(CO)cc3cnc(Cl)nc32)n1. The molecule has 0 bridgehead atoms. The third-order valence-corrected chi connectivity index (χ3v) is 2.92. The predicted molar refractivity (Wildman–Crippen MR) is 72.0 cm³/mol. The highest BCUT2D eigenvalue weighted by atomic mass is 35.5. The Morgan fingerprint density at radius 2 is 2.16 bits per heavy atom. The lowest BCUT2D eigenvalue weighted by atomic mass is 10.4. The molecule has 0 spiro atoms. The van der Waals surface area contributed by atoms with Crippen LogP contribution in [0.4, 0.5) is 5.82 Å². The van der Waals surface area contributed by atoms with Crippen LogP contribution in [0.2, 0.25) is 5.28 Å². The van der Waals surface area contributed by atoms with E-state index in [1.54, 1.807) is 35.0 Å². The van der Waals surface area contributed by atoms with Gasteiger partial charge in [0.05, 0.1) is 12.3 Å². The van der Waals surface area contributed by atoms with E-state index in [9.17, 15) is 5.11 Å². The molecule has 6 nitrogen and oxygen atoms in total. The number of aliphatic hydroxyl groups excluding tert-OH is 1. The molecule has 3 aromatic heterocycles. The fourth-order valence-corrected chi connectivity index (χ4v) is 2.09. The fourth-order valence-electron chi connectivity index (χ4n) is 1.96.